The van der Waals surface area contributed by atoms with Gasteiger partial charge < -0.3 is 5.32 Å². The fraction of sp³-hybridized carbons (Fsp3) is 0.300. The van der Waals surface area contributed by atoms with E-state index in [1.807, 2.05) is 0 Å². The van der Waals surface area contributed by atoms with Crippen LogP contribution in [0.15, 0.2) is 12.1 Å². The van der Waals surface area contributed by atoms with Gasteiger partial charge in [-0.25, -0.2) is 9.40 Å². The first-order valence-electron chi connectivity index (χ1n) is 5.00. The Hall–Kier alpha value is -2.22. The van der Waals surface area contributed by atoms with Gasteiger partial charge in [0.25, 0.3) is 11.6 Å². The van der Waals surface area contributed by atoms with Crippen LogP contribution in [0.4, 0.5) is 15.8 Å². The average Bonchev–Trinajstić information content (AvgIpc) is 2.27. The summed E-state index contributed by atoms with van der Waals surface area (Å²) in [7, 11) is 4.58. The van der Waals surface area contributed by atoms with Crippen molar-refractivity contribution < 1.29 is 14.1 Å². The van der Waals surface area contributed by atoms with Crippen LogP contribution in [0.2, 0.25) is 0 Å². The van der Waals surface area contributed by atoms with Gasteiger partial charge in [0.15, 0.2) is 5.82 Å². The van der Waals surface area contributed by atoms with Crippen molar-refractivity contribution in [1.82, 2.24) is 10.4 Å². The Morgan fingerprint density at radius 3 is 2.50 bits per heavy atom. The zero-order valence-corrected chi connectivity index (χ0v) is 10.2. The SMILES string of the molecule is CNc1cc(C(=O)NN(C)C)c([N+](=O)[O-])cc1F. The van der Waals surface area contributed by atoms with E-state index in [1.165, 1.54) is 12.1 Å². The van der Waals surface area contributed by atoms with Gasteiger partial charge in [-0.3, -0.25) is 20.3 Å². The molecule has 0 unspecified atom stereocenters. The average molecular weight is 256 g/mol. The Labute approximate surface area is 103 Å². The smallest absolute Gasteiger partial charge is 0.285 e. The molecular weight excluding hydrogens is 243 g/mol. The number of halogens is 1. The van der Waals surface area contributed by atoms with E-state index < -0.39 is 22.3 Å². The highest BCUT2D eigenvalue weighted by atomic mass is 19.1. The van der Waals surface area contributed by atoms with Gasteiger partial charge in [0, 0.05) is 21.1 Å². The van der Waals surface area contributed by atoms with Crippen LogP contribution in [0.25, 0.3) is 0 Å². The summed E-state index contributed by atoms with van der Waals surface area (Å²) >= 11 is 0. The topological polar surface area (TPSA) is 87.5 Å². The predicted octanol–water partition coefficient (Wildman–Crippen LogP) is 0.982. The first-order valence-corrected chi connectivity index (χ1v) is 5.00. The number of anilines is 1. The van der Waals surface area contributed by atoms with E-state index in [0.717, 1.165) is 12.1 Å². The van der Waals surface area contributed by atoms with Gasteiger partial charge in [0.1, 0.15) is 5.56 Å². The second-order valence-electron chi connectivity index (χ2n) is 3.69. The summed E-state index contributed by atoms with van der Waals surface area (Å²) in [5.41, 5.74) is 1.60. The van der Waals surface area contributed by atoms with Crippen LogP contribution < -0.4 is 10.7 Å². The van der Waals surface area contributed by atoms with E-state index in [4.69, 9.17) is 0 Å². The van der Waals surface area contributed by atoms with Crippen molar-refractivity contribution in [3.8, 4) is 0 Å². The van der Waals surface area contributed by atoms with Crippen LogP contribution >= 0.6 is 0 Å². The van der Waals surface area contributed by atoms with Crippen molar-refractivity contribution in [3.05, 3.63) is 33.6 Å². The van der Waals surface area contributed by atoms with Gasteiger partial charge in [0.2, 0.25) is 0 Å². The molecule has 0 spiro atoms. The number of carbonyl (C=O) groups excluding carboxylic acids is 1. The first-order chi connectivity index (χ1) is 8.36. The van der Waals surface area contributed by atoms with Gasteiger partial charge in [-0.05, 0) is 6.07 Å². The number of amides is 1. The summed E-state index contributed by atoms with van der Waals surface area (Å²) in [6, 6.07) is 1.82. The van der Waals surface area contributed by atoms with E-state index in [2.05, 4.69) is 10.7 Å². The Balaban J connectivity index is 3.30. The minimum absolute atomic E-state index is 0.0181. The van der Waals surface area contributed by atoms with Crippen LogP contribution in [-0.2, 0) is 0 Å². The number of nitrogens with one attached hydrogen (secondary N) is 2. The molecule has 0 saturated carbocycles. The van der Waals surface area contributed by atoms with E-state index in [1.54, 1.807) is 14.1 Å². The summed E-state index contributed by atoms with van der Waals surface area (Å²) in [5.74, 6) is -1.46. The molecular formula is C10H13FN4O3. The Kier molecular flexibility index (Phi) is 4.16. The number of nitro groups is 1. The number of benzene rings is 1. The number of rotatable bonds is 4. The zero-order valence-electron chi connectivity index (χ0n) is 10.2. The summed E-state index contributed by atoms with van der Waals surface area (Å²) in [5, 5.41) is 14.6. The number of nitrogens with zero attached hydrogens (tertiary/aromatic N) is 2. The zero-order chi connectivity index (χ0) is 13.9. The van der Waals surface area contributed by atoms with E-state index in [9.17, 15) is 19.3 Å². The second-order valence-corrected chi connectivity index (χ2v) is 3.69. The Morgan fingerprint density at radius 2 is 2.06 bits per heavy atom. The fourth-order valence-corrected chi connectivity index (χ4v) is 1.35. The summed E-state index contributed by atoms with van der Waals surface area (Å²) in [6.45, 7) is 0. The maximum atomic E-state index is 13.4. The maximum absolute atomic E-state index is 13.4. The predicted molar refractivity (Wildman–Crippen MR) is 63.8 cm³/mol. The van der Waals surface area contributed by atoms with Crippen molar-refractivity contribution >= 4 is 17.3 Å². The third kappa shape index (κ3) is 2.92. The number of hydrazine groups is 1. The lowest BCUT2D eigenvalue weighted by atomic mass is 10.1. The normalized spacial score (nSPS) is 10.3. The maximum Gasteiger partial charge on any atom is 0.285 e. The van der Waals surface area contributed by atoms with Crippen molar-refractivity contribution in [2.75, 3.05) is 26.5 Å². The summed E-state index contributed by atoms with van der Waals surface area (Å²) < 4.78 is 13.4. The minimum Gasteiger partial charge on any atom is -0.386 e. The molecule has 0 atom stereocenters. The van der Waals surface area contributed by atoms with Crippen molar-refractivity contribution in [1.29, 1.82) is 0 Å². The molecule has 0 aliphatic heterocycles. The molecule has 1 amide bonds. The van der Waals surface area contributed by atoms with Crippen LogP contribution in [0, 0.1) is 15.9 Å². The van der Waals surface area contributed by atoms with Gasteiger partial charge in [-0.2, -0.15) is 0 Å². The number of hydrogen-bond donors (Lipinski definition) is 2. The van der Waals surface area contributed by atoms with Crippen LogP contribution in [-0.4, -0.2) is 37.0 Å². The monoisotopic (exact) mass is 256 g/mol. The fourth-order valence-electron chi connectivity index (χ4n) is 1.35. The Morgan fingerprint density at radius 1 is 1.44 bits per heavy atom. The van der Waals surface area contributed by atoms with Crippen LogP contribution in [0.5, 0.6) is 0 Å². The largest absolute Gasteiger partial charge is 0.386 e. The van der Waals surface area contributed by atoms with E-state index in [-0.39, 0.29) is 11.3 Å². The third-order valence-corrected chi connectivity index (χ3v) is 2.12. The van der Waals surface area contributed by atoms with E-state index in [0.29, 0.717) is 0 Å². The van der Waals surface area contributed by atoms with Crippen LogP contribution in [0.3, 0.4) is 0 Å². The molecule has 0 aromatic heterocycles. The molecule has 98 valence electrons. The highest BCUT2D eigenvalue weighted by Gasteiger charge is 2.23. The molecule has 1 aromatic carbocycles. The quantitative estimate of drug-likeness (QED) is 0.619. The summed E-state index contributed by atoms with van der Waals surface area (Å²) in [4.78, 5) is 21.7. The highest BCUT2D eigenvalue weighted by Crippen LogP contribution is 2.25. The molecule has 2 N–H and O–H groups in total. The molecule has 18 heavy (non-hydrogen) atoms. The molecule has 0 fully saturated rings. The minimum atomic E-state index is -0.799. The molecule has 8 heteroatoms. The van der Waals surface area contributed by atoms with Crippen molar-refractivity contribution in [2.24, 2.45) is 0 Å². The standard InChI is InChI=1S/C10H13FN4O3/c1-12-8-4-6(10(16)13-14(2)3)9(15(17)18)5-7(8)11/h4-5,12H,1-3H3,(H,13,16). The Bertz CT molecular complexity index is 490. The van der Waals surface area contributed by atoms with Crippen LogP contribution in [0.1, 0.15) is 10.4 Å². The second kappa shape index (κ2) is 5.41. The third-order valence-electron chi connectivity index (χ3n) is 2.12. The lowest BCUT2D eigenvalue weighted by Crippen LogP contribution is -2.36. The van der Waals surface area contributed by atoms with Gasteiger partial charge in [0.05, 0.1) is 16.7 Å². The number of carbonyl (C=O) groups is 1. The molecule has 0 heterocycles. The van der Waals surface area contributed by atoms with Gasteiger partial charge in [-0.15, -0.1) is 0 Å². The number of hydrogen-bond acceptors (Lipinski definition) is 5. The van der Waals surface area contributed by atoms with E-state index >= 15 is 0 Å². The molecule has 0 saturated heterocycles. The lowest BCUT2D eigenvalue weighted by Gasteiger charge is -2.13. The van der Waals surface area contributed by atoms with Gasteiger partial charge in [-0.1, -0.05) is 0 Å². The van der Waals surface area contributed by atoms with Crippen molar-refractivity contribution in [3.63, 3.8) is 0 Å². The molecule has 1 rings (SSSR count). The highest BCUT2D eigenvalue weighted by molar-refractivity contribution is 5.98. The van der Waals surface area contributed by atoms with Crippen molar-refractivity contribution in [2.45, 2.75) is 0 Å². The van der Waals surface area contributed by atoms with Gasteiger partial charge >= 0.3 is 0 Å². The molecule has 0 bridgehead atoms. The number of nitro benzene ring substituents is 1. The molecule has 0 aliphatic carbocycles. The molecule has 1 aromatic rings. The lowest BCUT2D eigenvalue weighted by molar-refractivity contribution is -0.385. The molecule has 7 nitrogen and oxygen atoms in total. The summed E-state index contributed by atoms with van der Waals surface area (Å²) in [6.07, 6.45) is 0. The first kappa shape index (κ1) is 13.8. The molecule has 0 aliphatic rings. The molecule has 0 radical (unpaired) electrons.